The van der Waals surface area contributed by atoms with Crippen LogP contribution in [-0.4, -0.2) is 69.3 Å². The average Bonchev–Trinajstić information content (AvgIpc) is 3.41. The summed E-state index contributed by atoms with van der Waals surface area (Å²) in [6.45, 7) is 0.770. The van der Waals surface area contributed by atoms with Gasteiger partial charge in [-0.25, -0.2) is 4.79 Å². The molecule has 40 heavy (non-hydrogen) atoms. The van der Waals surface area contributed by atoms with Gasteiger partial charge in [0.25, 0.3) is 5.56 Å². The summed E-state index contributed by atoms with van der Waals surface area (Å²) in [6, 6.07) is 10.9. The number of hydrogen-bond acceptors (Lipinski definition) is 9. The van der Waals surface area contributed by atoms with Crippen LogP contribution in [0.15, 0.2) is 41.2 Å². The van der Waals surface area contributed by atoms with Crippen LogP contribution in [-0.2, 0) is 21.3 Å². The maximum absolute atomic E-state index is 13.5. The van der Waals surface area contributed by atoms with Gasteiger partial charge in [-0.1, -0.05) is 12.1 Å². The molecule has 1 aromatic heterocycles. The van der Waals surface area contributed by atoms with Crippen molar-refractivity contribution in [1.29, 1.82) is 0 Å². The number of nitrogens with zero attached hydrogens (tertiary/aromatic N) is 2. The minimum atomic E-state index is -0.687. The van der Waals surface area contributed by atoms with Crippen molar-refractivity contribution in [2.75, 3.05) is 47.8 Å². The molecule has 3 aromatic carbocycles. The fraction of sp³-hybridized carbons (Fsp3) is 0.345. The van der Waals surface area contributed by atoms with Crippen LogP contribution in [0.3, 0.4) is 0 Å². The summed E-state index contributed by atoms with van der Waals surface area (Å²) in [7, 11) is 6.26. The van der Waals surface area contributed by atoms with Crippen LogP contribution in [0.5, 0.6) is 23.0 Å². The van der Waals surface area contributed by atoms with Crippen molar-refractivity contribution in [2.45, 2.75) is 12.8 Å². The number of carbonyl (C=O) groups is 2. The molecule has 4 aromatic rings. The van der Waals surface area contributed by atoms with Crippen LogP contribution in [0.1, 0.15) is 12.8 Å². The topological polar surface area (TPSA) is 115 Å². The van der Waals surface area contributed by atoms with Crippen LogP contribution < -0.4 is 24.5 Å². The fourth-order valence-electron chi connectivity index (χ4n) is 4.75. The van der Waals surface area contributed by atoms with E-state index >= 15 is 0 Å². The molecule has 1 amide bonds. The van der Waals surface area contributed by atoms with Gasteiger partial charge in [-0.15, -0.1) is 0 Å². The fourth-order valence-corrected chi connectivity index (χ4v) is 4.75. The molecular weight excluding hydrogens is 520 g/mol. The number of hydrogen-bond donors (Lipinski definition) is 0. The molecule has 0 saturated heterocycles. The summed E-state index contributed by atoms with van der Waals surface area (Å²) in [5.41, 5.74) is 0.470. The molecule has 210 valence electrons. The van der Waals surface area contributed by atoms with E-state index in [9.17, 15) is 14.4 Å². The third-order valence-corrected chi connectivity index (χ3v) is 6.88. The van der Waals surface area contributed by atoms with E-state index in [4.69, 9.17) is 28.4 Å². The number of aryl methyl sites for hydroxylation is 1. The van der Waals surface area contributed by atoms with Crippen molar-refractivity contribution in [1.82, 2.24) is 9.47 Å². The predicted octanol–water partition coefficient (Wildman–Crippen LogP) is 3.98. The summed E-state index contributed by atoms with van der Waals surface area (Å²) in [5, 5.41) is 3.60. The van der Waals surface area contributed by atoms with Crippen molar-refractivity contribution >= 4 is 44.5 Å². The Morgan fingerprint density at radius 3 is 2.45 bits per heavy atom. The van der Waals surface area contributed by atoms with Crippen LogP contribution in [0, 0.1) is 0 Å². The Balaban J connectivity index is 1.43. The van der Waals surface area contributed by atoms with Gasteiger partial charge in [0.05, 0.1) is 24.6 Å². The van der Waals surface area contributed by atoms with E-state index in [1.165, 1.54) is 25.1 Å². The van der Waals surface area contributed by atoms with Crippen molar-refractivity contribution in [2.24, 2.45) is 7.05 Å². The first-order chi connectivity index (χ1) is 19.3. The number of rotatable bonds is 9. The van der Waals surface area contributed by atoms with Gasteiger partial charge >= 0.3 is 12.1 Å². The molecule has 11 nitrogen and oxygen atoms in total. The molecular formula is C29H30N2O9. The Labute approximate surface area is 229 Å². The molecule has 0 fully saturated rings. The molecule has 0 N–H and O–H groups in total. The zero-order valence-electron chi connectivity index (χ0n) is 22.8. The lowest BCUT2D eigenvalue weighted by Gasteiger charge is -2.19. The van der Waals surface area contributed by atoms with Crippen molar-refractivity contribution in [3.63, 3.8) is 0 Å². The Kier molecular flexibility index (Phi) is 7.65. The van der Waals surface area contributed by atoms with E-state index in [0.29, 0.717) is 41.0 Å². The number of ether oxygens (including phenoxy) is 6. The summed E-state index contributed by atoms with van der Waals surface area (Å²) < 4.78 is 33.9. The maximum atomic E-state index is 13.5. The second kappa shape index (κ2) is 11.3. The van der Waals surface area contributed by atoms with E-state index in [1.807, 2.05) is 24.3 Å². The highest BCUT2D eigenvalue weighted by atomic mass is 16.7. The molecule has 1 aliphatic heterocycles. The number of methoxy groups -OCH3 is 2. The Morgan fingerprint density at radius 2 is 1.70 bits per heavy atom. The highest BCUT2D eigenvalue weighted by Crippen LogP contribution is 2.40. The van der Waals surface area contributed by atoms with E-state index in [-0.39, 0.29) is 43.6 Å². The molecule has 0 spiro atoms. The first kappa shape index (κ1) is 27.1. The molecule has 0 aliphatic carbocycles. The monoisotopic (exact) mass is 550 g/mol. The number of benzene rings is 3. The third-order valence-electron chi connectivity index (χ3n) is 6.88. The number of aromatic nitrogens is 1. The summed E-state index contributed by atoms with van der Waals surface area (Å²) >= 11 is 0. The number of pyridine rings is 1. The number of likely N-dealkylation sites (N-methyl/N-ethyl adjacent to an activating group) is 1. The third kappa shape index (κ3) is 5.07. The second-order valence-electron chi connectivity index (χ2n) is 9.41. The van der Waals surface area contributed by atoms with Crippen LogP contribution in [0.25, 0.3) is 32.4 Å². The number of fused-ring (bicyclic) bond motifs is 6. The van der Waals surface area contributed by atoms with Gasteiger partial charge in [0.2, 0.25) is 6.79 Å². The van der Waals surface area contributed by atoms with Crippen LogP contribution >= 0.6 is 0 Å². The van der Waals surface area contributed by atoms with Gasteiger partial charge < -0.3 is 37.9 Å². The van der Waals surface area contributed by atoms with Gasteiger partial charge in [-0.3, -0.25) is 9.59 Å². The van der Waals surface area contributed by atoms with E-state index in [1.54, 1.807) is 24.8 Å². The Hall–Kier alpha value is -4.51. The first-order valence-electron chi connectivity index (χ1n) is 12.8. The molecule has 5 rings (SSSR count). The van der Waals surface area contributed by atoms with Crippen molar-refractivity contribution in [3.05, 3.63) is 46.8 Å². The minimum Gasteiger partial charge on any atom is -0.493 e. The Bertz CT molecular complexity index is 1680. The zero-order chi connectivity index (χ0) is 28.4. The molecule has 0 radical (unpaired) electrons. The van der Waals surface area contributed by atoms with Gasteiger partial charge in [0, 0.05) is 50.4 Å². The predicted molar refractivity (Wildman–Crippen MR) is 148 cm³/mol. The summed E-state index contributed by atoms with van der Waals surface area (Å²) in [4.78, 5) is 39.4. The van der Waals surface area contributed by atoms with E-state index in [2.05, 4.69) is 0 Å². The quantitative estimate of drug-likeness (QED) is 0.173. The smallest absolute Gasteiger partial charge is 0.415 e. The summed E-state index contributed by atoms with van der Waals surface area (Å²) in [5.74, 6) is 1.31. The second-order valence-corrected chi connectivity index (χ2v) is 9.41. The number of carbonyl (C=O) groups excluding carboxylic acids is 2. The molecule has 0 saturated carbocycles. The Morgan fingerprint density at radius 1 is 0.950 bits per heavy atom. The first-order valence-corrected chi connectivity index (χ1v) is 12.8. The highest BCUT2D eigenvalue weighted by molar-refractivity contribution is 6.16. The molecule has 0 unspecified atom stereocenters. The van der Waals surface area contributed by atoms with Crippen molar-refractivity contribution in [3.8, 4) is 23.0 Å². The normalized spacial score (nSPS) is 12.2. The van der Waals surface area contributed by atoms with Gasteiger partial charge in [-0.05, 0) is 36.1 Å². The largest absolute Gasteiger partial charge is 0.493 e. The van der Waals surface area contributed by atoms with E-state index < -0.39 is 6.09 Å². The molecule has 2 heterocycles. The van der Waals surface area contributed by atoms with Crippen molar-refractivity contribution < 1.29 is 38.0 Å². The van der Waals surface area contributed by atoms with Gasteiger partial charge in [-0.2, -0.15) is 0 Å². The lowest BCUT2D eigenvalue weighted by molar-refractivity contribution is -0.144. The van der Waals surface area contributed by atoms with E-state index in [0.717, 1.165) is 21.7 Å². The molecule has 0 atom stereocenters. The lowest BCUT2D eigenvalue weighted by atomic mass is 10.00. The van der Waals surface area contributed by atoms with Gasteiger partial charge in [0.15, 0.2) is 23.0 Å². The highest BCUT2D eigenvalue weighted by Gasteiger charge is 2.21. The molecule has 0 bridgehead atoms. The average molecular weight is 551 g/mol. The van der Waals surface area contributed by atoms with Crippen LogP contribution in [0.2, 0.25) is 0 Å². The number of esters is 1. The lowest BCUT2D eigenvalue weighted by Crippen LogP contribution is -2.33. The minimum absolute atomic E-state index is 0.0210. The molecule has 1 aliphatic rings. The molecule has 11 heteroatoms. The SMILES string of the molecule is COCCCC(=O)OCCN(C)C(=O)Oc1cc2c(=O)n(C)c3c4cc5c(cc4ccc3c2cc1OC)OCO5. The zero-order valence-corrected chi connectivity index (χ0v) is 22.8. The summed E-state index contributed by atoms with van der Waals surface area (Å²) in [6.07, 6.45) is 0.110. The maximum Gasteiger partial charge on any atom is 0.415 e. The standard InChI is InChI=1S/C29H30N2O9/c1-30(9-11-37-26(32)6-5-10-35-3)29(34)40-25-15-21-20(14-22(25)36-4)18-8-7-17-12-23-24(39-16-38-23)13-19(17)27(18)31(2)28(21)33/h7-8,12-15H,5-6,9-11,16H2,1-4H3. The van der Waals surface area contributed by atoms with Crippen LogP contribution in [0.4, 0.5) is 4.79 Å². The number of amides is 1. The van der Waals surface area contributed by atoms with Gasteiger partial charge in [0.1, 0.15) is 6.61 Å².